The molecule has 152 valence electrons. The topological polar surface area (TPSA) is 88.1 Å². The molecule has 2 rings (SSSR count). The quantitative estimate of drug-likeness (QED) is 0.261. The molecule has 7 nitrogen and oxygen atoms in total. The number of hydrogen-bond acceptors (Lipinski definition) is 7. The van der Waals surface area contributed by atoms with E-state index in [1.54, 1.807) is 24.3 Å². The molecule has 2 aromatic carbocycles. The molecule has 0 aliphatic rings. The molecule has 0 atom stereocenters. The van der Waals surface area contributed by atoms with Crippen LogP contribution in [0.1, 0.15) is 30.1 Å². The van der Waals surface area contributed by atoms with Crippen LogP contribution in [0, 0.1) is 0 Å². The summed E-state index contributed by atoms with van der Waals surface area (Å²) in [5.41, 5.74) is 0.315. The van der Waals surface area contributed by atoms with Crippen LogP contribution in [0.5, 0.6) is 17.2 Å². The number of ether oxygens (including phenoxy) is 4. The monoisotopic (exact) mass is 398 g/mol. The first kappa shape index (κ1) is 21.7. The molecular formula is C22H22O7. The highest BCUT2D eigenvalue weighted by atomic mass is 16.5. The van der Waals surface area contributed by atoms with Gasteiger partial charge in [-0.25, -0.2) is 9.59 Å². The van der Waals surface area contributed by atoms with Crippen molar-refractivity contribution < 1.29 is 33.3 Å². The second kappa shape index (κ2) is 11.3. The van der Waals surface area contributed by atoms with Crippen LogP contribution in [0.15, 0.2) is 61.2 Å². The maximum Gasteiger partial charge on any atom is 0.343 e. The maximum atomic E-state index is 12.2. The van der Waals surface area contributed by atoms with E-state index < -0.39 is 17.9 Å². The molecule has 29 heavy (non-hydrogen) atoms. The zero-order valence-electron chi connectivity index (χ0n) is 16.1. The van der Waals surface area contributed by atoms with Crippen LogP contribution in [-0.2, 0) is 14.3 Å². The third kappa shape index (κ3) is 7.50. The van der Waals surface area contributed by atoms with Crippen LogP contribution in [0.2, 0.25) is 0 Å². The lowest BCUT2D eigenvalue weighted by Crippen LogP contribution is -2.11. The summed E-state index contributed by atoms with van der Waals surface area (Å²) in [4.78, 5) is 34.9. The fourth-order valence-electron chi connectivity index (χ4n) is 2.23. The first-order valence-corrected chi connectivity index (χ1v) is 9.06. The van der Waals surface area contributed by atoms with Crippen LogP contribution in [0.3, 0.4) is 0 Å². The predicted octanol–water partition coefficient (Wildman–Crippen LogP) is 3.72. The highest BCUT2D eigenvalue weighted by molar-refractivity contribution is 5.91. The van der Waals surface area contributed by atoms with Gasteiger partial charge in [0.1, 0.15) is 17.2 Å². The number of carbonyl (C=O) groups is 3. The number of benzene rings is 2. The minimum absolute atomic E-state index is 0.0892. The van der Waals surface area contributed by atoms with E-state index >= 15 is 0 Å². The van der Waals surface area contributed by atoms with Crippen LogP contribution in [0.25, 0.3) is 0 Å². The lowest BCUT2D eigenvalue weighted by molar-refractivity contribution is -0.140. The Labute approximate surface area is 168 Å². The maximum absolute atomic E-state index is 12.2. The highest BCUT2D eigenvalue weighted by Gasteiger charge is 2.11. The van der Waals surface area contributed by atoms with Gasteiger partial charge in [0.15, 0.2) is 0 Å². The van der Waals surface area contributed by atoms with E-state index in [4.69, 9.17) is 18.9 Å². The first-order chi connectivity index (χ1) is 14.0. The zero-order chi connectivity index (χ0) is 21.1. The molecule has 0 aliphatic carbocycles. The Balaban J connectivity index is 1.81. The fourth-order valence-corrected chi connectivity index (χ4v) is 2.23. The summed E-state index contributed by atoms with van der Waals surface area (Å²) < 4.78 is 20.6. The van der Waals surface area contributed by atoms with E-state index in [0.29, 0.717) is 35.8 Å². The van der Waals surface area contributed by atoms with Crippen molar-refractivity contribution in [3.8, 4) is 17.2 Å². The van der Waals surface area contributed by atoms with Gasteiger partial charge in [-0.15, -0.1) is 0 Å². The Bertz CT molecular complexity index is 838. The minimum Gasteiger partial charge on any atom is -0.494 e. The molecule has 0 aliphatic heterocycles. The molecule has 0 amide bonds. The first-order valence-electron chi connectivity index (χ1n) is 9.06. The number of hydrogen-bond donors (Lipinski definition) is 0. The Morgan fingerprint density at radius 3 is 2.10 bits per heavy atom. The molecule has 0 saturated heterocycles. The lowest BCUT2D eigenvalue weighted by atomic mass is 10.2. The highest BCUT2D eigenvalue weighted by Crippen LogP contribution is 2.20. The van der Waals surface area contributed by atoms with E-state index in [1.807, 2.05) is 6.92 Å². The second-order valence-corrected chi connectivity index (χ2v) is 5.77. The molecular weight excluding hydrogens is 376 g/mol. The SMILES string of the molecule is C=CC(=O)OCCCC(=O)Oc1ccc(C(=O)Oc2ccc(OCC)cc2)cc1. The summed E-state index contributed by atoms with van der Waals surface area (Å²) >= 11 is 0. The number of carbonyl (C=O) groups excluding carboxylic acids is 3. The molecule has 2 aromatic rings. The van der Waals surface area contributed by atoms with Crippen molar-refractivity contribution in [3.63, 3.8) is 0 Å². The smallest absolute Gasteiger partial charge is 0.343 e. The molecule has 0 aromatic heterocycles. The van der Waals surface area contributed by atoms with Crippen molar-refractivity contribution in [2.24, 2.45) is 0 Å². The Morgan fingerprint density at radius 2 is 1.48 bits per heavy atom. The zero-order valence-corrected chi connectivity index (χ0v) is 16.1. The Hall–Kier alpha value is -3.61. The van der Waals surface area contributed by atoms with Gasteiger partial charge in [-0.2, -0.15) is 0 Å². The lowest BCUT2D eigenvalue weighted by Gasteiger charge is -2.07. The Morgan fingerprint density at radius 1 is 0.897 bits per heavy atom. The summed E-state index contributed by atoms with van der Waals surface area (Å²) in [5, 5.41) is 0. The van der Waals surface area contributed by atoms with Crippen LogP contribution in [-0.4, -0.2) is 31.1 Å². The summed E-state index contributed by atoms with van der Waals surface area (Å²) in [5.74, 6) is -0.148. The van der Waals surface area contributed by atoms with Gasteiger partial charge in [0.2, 0.25) is 0 Å². The van der Waals surface area contributed by atoms with Gasteiger partial charge in [0, 0.05) is 12.5 Å². The molecule has 0 radical (unpaired) electrons. The molecule has 0 unspecified atom stereocenters. The van der Waals surface area contributed by atoms with Gasteiger partial charge in [0.25, 0.3) is 0 Å². The van der Waals surface area contributed by atoms with Crippen LogP contribution >= 0.6 is 0 Å². The average Bonchev–Trinajstić information content (AvgIpc) is 2.73. The average molecular weight is 398 g/mol. The second-order valence-electron chi connectivity index (χ2n) is 5.77. The van der Waals surface area contributed by atoms with Gasteiger partial charge < -0.3 is 18.9 Å². The molecule has 0 N–H and O–H groups in total. The van der Waals surface area contributed by atoms with Crippen molar-refractivity contribution in [2.75, 3.05) is 13.2 Å². The number of esters is 3. The number of rotatable bonds is 10. The van der Waals surface area contributed by atoms with Gasteiger partial charge in [-0.3, -0.25) is 4.79 Å². The van der Waals surface area contributed by atoms with Crippen molar-refractivity contribution >= 4 is 17.9 Å². The van der Waals surface area contributed by atoms with Crippen molar-refractivity contribution in [1.29, 1.82) is 0 Å². The molecule has 7 heteroatoms. The summed E-state index contributed by atoms with van der Waals surface area (Å²) in [6, 6.07) is 12.7. The van der Waals surface area contributed by atoms with Gasteiger partial charge in [-0.05, 0) is 61.9 Å². The molecule has 0 heterocycles. The summed E-state index contributed by atoms with van der Waals surface area (Å²) in [7, 11) is 0. The molecule has 0 spiro atoms. The molecule has 0 saturated carbocycles. The van der Waals surface area contributed by atoms with Crippen LogP contribution in [0.4, 0.5) is 0 Å². The van der Waals surface area contributed by atoms with E-state index in [-0.39, 0.29) is 13.0 Å². The molecule has 0 bridgehead atoms. The normalized spacial score (nSPS) is 9.97. The van der Waals surface area contributed by atoms with E-state index in [9.17, 15) is 14.4 Å². The van der Waals surface area contributed by atoms with Crippen LogP contribution < -0.4 is 14.2 Å². The van der Waals surface area contributed by atoms with Crippen molar-refractivity contribution in [2.45, 2.75) is 19.8 Å². The standard InChI is InChI=1S/C22H22O7/c1-3-20(23)27-15-5-6-21(24)28-18-9-7-16(8-10-18)22(25)29-19-13-11-17(12-14-19)26-4-2/h3,7-14H,1,4-6,15H2,2H3. The predicted molar refractivity (Wildman–Crippen MR) is 105 cm³/mol. The minimum atomic E-state index is -0.536. The van der Waals surface area contributed by atoms with Crippen molar-refractivity contribution in [3.05, 3.63) is 66.7 Å². The third-order valence-corrected chi connectivity index (χ3v) is 3.60. The van der Waals surface area contributed by atoms with Crippen molar-refractivity contribution in [1.82, 2.24) is 0 Å². The van der Waals surface area contributed by atoms with E-state index in [1.165, 1.54) is 24.3 Å². The van der Waals surface area contributed by atoms with Gasteiger partial charge in [0.05, 0.1) is 18.8 Å². The summed E-state index contributed by atoms with van der Waals surface area (Å²) in [6.45, 7) is 5.83. The fraction of sp³-hybridized carbons (Fsp3) is 0.227. The third-order valence-electron chi connectivity index (χ3n) is 3.60. The molecule has 0 fully saturated rings. The van der Waals surface area contributed by atoms with Gasteiger partial charge >= 0.3 is 17.9 Å². The largest absolute Gasteiger partial charge is 0.494 e. The van der Waals surface area contributed by atoms with E-state index in [0.717, 1.165) is 6.08 Å². The summed E-state index contributed by atoms with van der Waals surface area (Å²) in [6.07, 6.45) is 1.48. The Kier molecular flexibility index (Phi) is 8.44. The van der Waals surface area contributed by atoms with Gasteiger partial charge in [-0.1, -0.05) is 6.58 Å². The van der Waals surface area contributed by atoms with E-state index in [2.05, 4.69) is 6.58 Å².